The van der Waals surface area contributed by atoms with Crippen LogP contribution in [0.4, 0.5) is 0 Å². The number of benzene rings is 2. The van der Waals surface area contributed by atoms with E-state index >= 15 is 0 Å². The van der Waals surface area contributed by atoms with Gasteiger partial charge in [-0.15, -0.1) is 0 Å². The zero-order chi connectivity index (χ0) is 21.4. The summed E-state index contributed by atoms with van der Waals surface area (Å²) >= 11 is 9.34. The fourth-order valence-corrected chi connectivity index (χ4v) is 3.24. The number of nitrogens with zero attached hydrogens (tertiary/aromatic N) is 1. The maximum Gasteiger partial charge on any atom is 0.261 e. The maximum atomic E-state index is 13.0. The summed E-state index contributed by atoms with van der Waals surface area (Å²) in [6.07, 6.45) is 0.496. The number of amides is 2. The average Bonchev–Trinajstić information content (AvgIpc) is 2.68. The summed E-state index contributed by atoms with van der Waals surface area (Å²) in [6, 6.07) is 13.9. The molecule has 1 N–H and O–H groups in total. The van der Waals surface area contributed by atoms with Crippen LogP contribution in [0.2, 0.25) is 5.02 Å². The number of rotatable bonds is 9. The number of carbonyl (C=O) groups is 2. The van der Waals surface area contributed by atoms with E-state index in [4.69, 9.17) is 16.3 Å². The van der Waals surface area contributed by atoms with Crippen LogP contribution < -0.4 is 10.1 Å². The van der Waals surface area contributed by atoms with Gasteiger partial charge in [-0.3, -0.25) is 9.59 Å². The number of hydrogen-bond donors (Lipinski definition) is 1. The summed E-state index contributed by atoms with van der Waals surface area (Å²) in [7, 11) is 0. The highest BCUT2D eigenvalue weighted by molar-refractivity contribution is 9.10. The van der Waals surface area contributed by atoms with E-state index in [1.165, 1.54) is 0 Å². The first-order valence-electron chi connectivity index (χ1n) is 9.52. The van der Waals surface area contributed by atoms with Crippen molar-refractivity contribution in [1.82, 2.24) is 10.2 Å². The van der Waals surface area contributed by atoms with E-state index in [1.54, 1.807) is 29.2 Å². The van der Waals surface area contributed by atoms with Crippen molar-refractivity contribution in [2.45, 2.75) is 45.8 Å². The van der Waals surface area contributed by atoms with E-state index in [0.717, 1.165) is 10.0 Å². The van der Waals surface area contributed by atoms with Crippen molar-refractivity contribution >= 4 is 39.3 Å². The van der Waals surface area contributed by atoms with Gasteiger partial charge in [-0.2, -0.15) is 0 Å². The quantitative estimate of drug-likeness (QED) is 0.559. The van der Waals surface area contributed by atoms with Crippen molar-refractivity contribution in [3.05, 3.63) is 63.6 Å². The summed E-state index contributed by atoms with van der Waals surface area (Å²) in [5, 5.41) is 3.52. The maximum absolute atomic E-state index is 13.0. The second-order valence-corrected chi connectivity index (χ2v) is 8.33. The summed E-state index contributed by atoms with van der Waals surface area (Å²) in [5.74, 6) is 0.162. The summed E-state index contributed by atoms with van der Waals surface area (Å²) in [6.45, 7) is 5.83. The Morgan fingerprint density at radius 2 is 1.72 bits per heavy atom. The molecular weight excluding hydrogens is 456 g/mol. The lowest BCUT2D eigenvalue weighted by atomic mass is 10.1. The molecule has 0 saturated carbocycles. The van der Waals surface area contributed by atoms with Gasteiger partial charge in [0.1, 0.15) is 11.8 Å². The minimum atomic E-state index is -0.589. The number of hydrogen-bond acceptors (Lipinski definition) is 3. The van der Waals surface area contributed by atoms with Crippen LogP contribution in [0.15, 0.2) is 53.0 Å². The summed E-state index contributed by atoms with van der Waals surface area (Å²) in [5.41, 5.74) is 0.891. The van der Waals surface area contributed by atoms with Gasteiger partial charge in [-0.05, 0) is 62.2 Å². The van der Waals surface area contributed by atoms with Gasteiger partial charge in [0.2, 0.25) is 5.91 Å². The molecule has 2 aromatic rings. The minimum absolute atomic E-state index is 0.0111. The fourth-order valence-electron chi connectivity index (χ4n) is 2.85. The van der Waals surface area contributed by atoms with Crippen LogP contribution in [0.3, 0.4) is 0 Å². The number of ether oxygens (including phenoxy) is 1. The first-order chi connectivity index (χ1) is 13.8. The third-order valence-corrected chi connectivity index (χ3v) is 5.04. The number of nitrogens with one attached hydrogen (secondary N) is 1. The number of carbonyl (C=O) groups excluding carboxylic acids is 2. The Morgan fingerprint density at radius 1 is 1.10 bits per heavy atom. The van der Waals surface area contributed by atoms with Gasteiger partial charge in [0, 0.05) is 22.1 Å². The highest BCUT2D eigenvalue weighted by Crippen LogP contribution is 2.18. The highest BCUT2D eigenvalue weighted by Gasteiger charge is 2.29. The molecular formula is C22H26BrClN2O3. The molecule has 0 saturated heterocycles. The summed E-state index contributed by atoms with van der Waals surface area (Å²) in [4.78, 5) is 27.3. The Hall–Kier alpha value is -2.05. The molecule has 0 aliphatic heterocycles. The van der Waals surface area contributed by atoms with Crippen LogP contribution in [0, 0.1) is 0 Å². The average molecular weight is 482 g/mol. The Balaban J connectivity index is 2.18. The molecule has 7 heteroatoms. The molecule has 156 valence electrons. The monoisotopic (exact) mass is 480 g/mol. The Kier molecular flexibility index (Phi) is 8.99. The van der Waals surface area contributed by atoms with Crippen LogP contribution in [0.5, 0.6) is 5.75 Å². The van der Waals surface area contributed by atoms with Gasteiger partial charge in [-0.1, -0.05) is 46.6 Å². The Morgan fingerprint density at radius 3 is 2.28 bits per heavy atom. The second kappa shape index (κ2) is 11.2. The Bertz CT molecular complexity index is 810. The van der Waals surface area contributed by atoms with Crippen LogP contribution in [0.25, 0.3) is 0 Å². The molecule has 0 aliphatic carbocycles. The zero-order valence-corrected chi connectivity index (χ0v) is 19.2. The topological polar surface area (TPSA) is 58.6 Å². The van der Waals surface area contributed by atoms with Crippen molar-refractivity contribution in [1.29, 1.82) is 0 Å². The van der Waals surface area contributed by atoms with Gasteiger partial charge >= 0.3 is 0 Å². The zero-order valence-electron chi connectivity index (χ0n) is 16.8. The van der Waals surface area contributed by atoms with Crippen molar-refractivity contribution < 1.29 is 14.3 Å². The molecule has 0 unspecified atom stereocenters. The highest BCUT2D eigenvalue weighted by atomic mass is 79.9. The van der Waals surface area contributed by atoms with Crippen molar-refractivity contribution in [2.75, 3.05) is 6.61 Å². The standard InChI is InChI=1S/C22H26BrClN2O3/c1-4-20(22(28)25-15(2)3)26(13-16-5-9-18(24)10-6-16)21(27)14-29-19-11-7-17(23)8-12-19/h5-12,15,20H,4,13-14H2,1-3H3,(H,25,28)/t20-/m0/s1. The minimum Gasteiger partial charge on any atom is -0.484 e. The molecule has 1 atom stereocenters. The van der Waals surface area contributed by atoms with E-state index in [9.17, 15) is 9.59 Å². The predicted molar refractivity (Wildman–Crippen MR) is 119 cm³/mol. The van der Waals surface area contributed by atoms with Crippen LogP contribution in [-0.2, 0) is 16.1 Å². The molecule has 0 aliphatic rings. The van der Waals surface area contributed by atoms with E-state index in [1.807, 2.05) is 45.0 Å². The van der Waals surface area contributed by atoms with Crippen molar-refractivity contribution in [2.24, 2.45) is 0 Å². The molecule has 2 amide bonds. The molecule has 0 spiro atoms. The predicted octanol–water partition coefficient (Wildman–Crippen LogP) is 4.81. The normalized spacial score (nSPS) is 11.8. The van der Waals surface area contributed by atoms with Crippen molar-refractivity contribution in [3.63, 3.8) is 0 Å². The van der Waals surface area contributed by atoms with Gasteiger partial charge < -0.3 is 15.0 Å². The van der Waals surface area contributed by atoms with E-state index < -0.39 is 6.04 Å². The molecule has 29 heavy (non-hydrogen) atoms. The smallest absolute Gasteiger partial charge is 0.261 e. The van der Waals surface area contributed by atoms with E-state index in [0.29, 0.717) is 23.7 Å². The molecule has 2 rings (SSSR count). The first kappa shape index (κ1) is 23.2. The SMILES string of the molecule is CC[C@@H](C(=O)NC(C)C)N(Cc1ccc(Cl)cc1)C(=O)COc1ccc(Br)cc1. The molecule has 0 fully saturated rings. The molecule has 0 heterocycles. The molecule has 2 aromatic carbocycles. The Labute approximate surface area is 185 Å². The van der Waals surface area contributed by atoms with E-state index in [-0.39, 0.29) is 24.5 Å². The van der Waals surface area contributed by atoms with Crippen molar-refractivity contribution in [3.8, 4) is 5.75 Å². The molecule has 0 bridgehead atoms. The van der Waals surface area contributed by atoms with Crippen LogP contribution in [-0.4, -0.2) is 35.4 Å². The molecule has 0 radical (unpaired) electrons. The summed E-state index contributed by atoms with van der Waals surface area (Å²) < 4.78 is 6.58. The van der Waals surface area contributed by atoms with Gasteiger partial charge in [-0.25, -0.2) is 0 Å². The van der Waals surface area contributed by atoms with Gasteiger partial charge in [0.05, 0.1) is 0 Å². The van der Waals surface area contributed by atoms with Gasteiger partial charge in [0.15, 0.2) is 6.61 Å². The lowest BCUT2D eigenvalue weighted by Gasteiger charge is -2.31. The lowest BCUT2D eigenvalue weighted by molar-refractivity contribution is -0.143. The second-order valence-electron chi connectivity index (χ2n) is 6.98. The first-order valence-corrected chi connectivity index (χ1v) is 10.7. The molecule has 0 aromatic heterocycles. The largest absolute Gasteiger partial charge is 0.484 e. The molecule has 5 nitrogen and oxygen atoms in total. The van der Waals surface area contributed by atoms with Crippen LogP contribution >= 0.6 is 27.5 Å². The van der Waals surface area contributed by atoms with Crippen LogP contribution in [0.1, 0.15) is 32.8 Å². The lowest BCUT2D eigenvalue weighted by Crippen LogP contribution is -2.51. The van der Waals surface area contributed by atoms with E-state index in [2.05, 4.69) is 21.2 Å². The van der Waals surface area contributed by atoms with Gasteiger partial charge in [0.25, 0.3) is 5.91 Å². The third kappa shape index (κ3) is 7.37. The number of halogens is 2. The fraction of sp³-hybridized carbons (Fsp3) is 0.364. The third-order valence-electron chi connectivity index (χ3n) is 4.26.